The van der Waals surface area contributed by atoms with E-state index >= 15 is 0 Å². The molecular weight excluding hydrogens is 390 g/mol. The lowest BCUT2D eigenvalue weighted by atomic mass is 10.1. The third kappa shape index (κ3) is 4.80. The normalized spacial score (nSPS) is 15.7. The first-order valence-electron chi connectivity index (χ1n) is 9.33. The van der Waals surface area contributed by atoms with Gasteiger partial charge in [-0.2, -0.15) is 0 Å². The van der Waals surface area contributed by atoms with Gasteiger partial charge in [-0.25, -0.2) is 0 Å². The van der Waals surface area contributed by atoms with Crippen LogP contribution in [0, 0.1) is 29.9 Å². The van der Waals surface area contributed by atoms with Crippen molar-refractivity contribution < 1.29 is 24.0 Å². The molecule has 0 saturated carbocycles. The number of nitro groups is 1. The number of carbonyl (C=O) groups is 3. The number of esters is 1. The quantitative estimate of drug-likeness (QED) is 0.443. The lowest BCUT2D eigenvalue weighted by Gasteiger charge is -2.16. The maximum absolute atomic E-state index is 12.3. The fraction of sp³-hybridized carbons (Fsp3) is 0.286. The maximum Gasteiger partial charge on any atom is 0.311 e. The van der Waals surface area contributed by atoms with Gasteiger partial charge in [0.25, 0.3) is 11.6 Å². The Labute approximate surface area is 172 Å². The van der Waals surface area contributed by atoms with Gasteiger partial charge >= 0.3 is 5.97 Å². The van der Waals surface area contributed by atoms with Crippen molar-refractivity contribution in [3.8, 4) is 0 Å². The molecule has 1 aliphatic heterocycles. The summed E-state index contributed by atoms with van der Waals surface area (Å²) >= 11 is 0. The van der Waals surface area contributed by atoms with Gasteiger partial charge < -0.3 is 15.0 Å². The van der Waals surface area contributed by atoms with E-state index in [4.69, 9.17) is 4.74 Å². The highest BCUT2D eigenvalue weighted by Crippen LogP contribution is 2.27. The number of anilines is 2. The number of nitrogens with one attached hydrogen (secondary N) is 1. The van der Waals surface area contributed by atoms with Crippen molar-refractivity contribution in [2.45, 2.75) is 20.3 Å². The molecule has 0 aliphatic carbocycles. The summed E-state index contributed by atoms with van der Waals surface area (Å²) in [6.45, 7) is 3.41. The predicted octanol–water partition coefficient (Wildman–Crippen LogP) is 2.75. The van der Waals surface area contributed by atoms with Crippen LogP contribution in [0.4, 0.5) is 17.1 Å². The molecule has 1 heterocycles. The summed E-state index contributed by atoms with van der Waals surface area (Å²) in [6, 6.07) is 11.2. The van der Waals surface area contributed by atoms with E-state index in [9.17, 15) is 24.5 Å². The topological polar surface area (TPSA) is 119 Å². The highest BCUT2D eigenvalue weighted by atomic mass is 16.6. The second kappa shape index (κ2) is 8.73. The molecule has 0 spiro atoms. The lowest BCUT2D eigenvalue weighted by molar-refractivity contribution is -0.384. The van der Waals surface area contributed by atoms with E-state index in [1.54, 1.807) is 0 Å². The first-order valence-corrected chi connectivity index (χ1v) is 9.33. The summed E-state index contributed by atoms with van der Waals surface area (Å²) in [5.41, 5.74) is 2.91. The minimum Gasteiger partial charge on any atom is -0.455 e. The van der Waals surface area contributed by atoms with Gasteiger partial charge in [0.2, 0.25) is 5.91 Å². The van der Waals surface area contributed by atoms with Gasteiger partial charge in [0, 0.05) is 36.5 Å². The van der Waals surface area contributed by atoms with Crippen LogP contribution in [0.1, 0.15) is 17.5 Å². The van der Waals surface area contributed by atoms with Crippen molar-refractivity contribution >= 4 is 34.8 Å². The smallest absolute Gasteiger partial charge is 0.311 e. The summed E-state index contributed by atoms with van der Waals surface area (Å²) < 4.78 is 5.09. The van der Waals surface area contributed by atoms with Crippen LogP contribution >= 0.6 is 0 Å². The second-order valence-corrected chi connectivity index (χ2v) is 7.15. The van der Waals surface area contributed by atoms with Crippen LogP contribution in [-0.2, 0) is 19.1 Å². The third-order valence-corrected chi connectivity index (χ3v) is 4.84. The van der Waals surface area contributed by atoms with Crippen LogP contribution in [-0.4, -0.2) is 35.9 Å². The molecule has 0 bridgehead atoms. The zero-order chi connectivity index (χ0) is 21.8. The van der Waals surface area contributed by atoms with Crippen LogP contribution in [0.5, 0.6) is 0 Å². The van der Waals surface area contributed by atoms with Crippen molar-refractivity contribution in [3.63, 3.8) is 0 Å². The van der Waals surface area contributed by atoms with Crippen LogP contribution < -0.4 is 10.2 Å². The summed E-state index contributed by atoms with van der Waals surface area (Å²) in [4.78, 5) is 48.3. The van der Waals surface area contributed by atoms with Gasteiger partial charge in [-0.3, -0.25) is 24.5 Å². The molecular formula is C21H21N3O6. The molecule has 0 radical (unpaired) electrons. The molecule has 30 heavy (non-hydrogen) atoms. The van der Waals surface area contributed by atoms with Crippen LogP contribution in [0.25, 0.3) is 0 Å². The molecule has 0 aromatic heterocycles. The minimum atomic E-state index is -0.707. The number of carbonyl (C=O) groups excluding carboxylic acids is 3. The lowest BCUT2D eigenvalue weighted by Crippen LogP contribution is -2.28. The number of aryl methyl sites for hydroxylation is 2. The van der Waals surface area contributed by atoms with E-state index < -0.39 is 29.3 Å². The standard InChI is InChI=1S/C21H21N3O6/c1-13-3-4-14(2)18(9-13)22-19(25)12-30-21(27)15-10-20(26)23(11-15)16-5-7-17(8-6-16)24(28)29/h3-9,15H,10-12H2,1-2H3,(H,22,25)/t15-/m1/s1. The van der Waals surface area contributed by atoms with Crippen molar-refractivity contribution in [3.05, 3.63) is 63.7 Å². The number of non-ortho nitro benzene ring substituents is 1. The minimum absolute atomic E-state index is 0.0472. The van der Waals surface area contributed by atoms with E-state index in [0.717, 1.165) is 11.1 Å². The van der Waals surface area contributed by atoms with Gasteiger partial charge in [-0.05, 0) is 43.2 Å². The molecule has 156 valence electrons. The molecule has 0 unspecified atom stereocenters. The van der Waals surface area contributed by atoms with E-state index in [2.05, 4.69) is 5.32 Å². The molecule has 1 fully saturated rings. The van der Waals surface area contributed by atoms with Crippen molar-refractivity contribution in [2.75, 3.05) is 23.4 Å². The number of hydrogen-bond donors (Lipinski definition) is 1. The van der Waals surface area contributed by atoms with Crippen molar-refractivity contribution in [1.82, 2.24) is 0 Å². The summed E-state index contributed by atoms with van der Waals surface area (Å²) in [6.07, 6.45) is -0.0472. The van der Waals surface area contributed by atoms with Gasteiger partial charge in [0.15, 0.2) is 6.61 Å². The molecule has 2 amide bonds. The zero-order valence-corrected chi connectivity index (χ0v) is 16.6. The Kier molecular flexibility index (Phi) is 6.10. The first kappa shape index (κ1) is 21.0. The molecule has 1 atom stereocenters. The third-order valence-electron chi connectivity index (χ3n) is 4.84. The van der Waals surface area contributed by atoms with Crippen LogP contribution in [0.2, 0.25) is 0 Å². The Morgan fingerprint density at radius 2 is 1.90 bits per heavy atom. The average molecular weight is 411 g/mol. The molecule has 2 aromatic rings. The fourth-order valence-electron chi connectivity index (χ4n) is 3.18. The van der Waals surface area contributed by atoms with E-state index in [0.29, 0.717) is 11.4 Å². The molecule has 2 aromatic carbocycles. The molecule has 9 heteroatoms. The number of ether oxygens (including phenoxy) is 1. The second-order valence-electron chi connectivity index (χ2n) is 7.15. The number of rotatable bonds is 6. The maximum atomic E-state index is 12.3. The van der Waals surface area contributed by atoms with Gasteiger partial charge in [-0.15, -0.1) is 0 Å². The molecule has 3 rings (SSSR count). The molecule has 1 saturated heterocycles. The Morgan fingerprint density at radius 3 is 2.57 bits per heavy atom. The molecule has 1 N–H and O–H groups in total. The average Bonchev–Trinajstić information content (AvgIpc) is 3.10. The van der Waals surface area contributed by atoms with Crippen LogP contribution in [0.15, 0.2) is 42.5 Å². The summed E-state index contributed by atoms with van der Waals surface area (Å²) in [7, 11) is 0. The van der Waals surface area contributed by atoms with Crippen LogP contribution in [0.3, 0.4) is 0 Å². The number of amides is 2. The van der Waals surface area contributed by atoms with Gasteiger partial charge in [-0.1, -0.05) is 12.1 Å². The number of hydrogen-bond acceptors (Lipinski definition) is 6. The summed E-state index contributed by atoms with van der Waals surface area (Å²) in [5.74, 6) is -2.09. The van der Waals surface area contributed by atoms with Gasteiger partial charge in [0.05, 0.1) is 10.8 Å². The van der Waals surface area contributed by atoms with E-state index in [-0.39, 0.29) is 24.6 Å². The number of benzene rings is 2. The Balaban J connectivity index is 1.54. The number of nitro benzene ring substituents is 1. The van der Waals surface area contributed by atoms with Crippen molar-refractivity contribution in [1.29, 1.82) is 0 Å². The Hall–Kier alpha value is -3.75. The highest BCUT2D eigenvalue weighted by molar-refractivity contribution is 6.00. The fourth-order valence-corrected chi connectivity index (χ4v) is 3.18. The zero-order valence-electron chi connectivity index (χ0n) is 16.6. The monoisotopic (exact) mass is 411 g/mol. The predicted molar refractivity (Wildman–Crippen MR) is 109 cm³/mol. The van der Waals surface area contributed by atoms with Crippen molar-refractivity contribution in [2.24, 2.45) is 5.92 Å². The Bertz CT molecular complexity index is 1000. The van der Waals surface area contributed by atoms with E-state index in [1.807, 2.05) is 32.0 Å². The SMILES string of the molecule is Cc1ccc(C)c(NC(=O)COC(=O)[C@@H]2CC(=O)N(c3ccc([N+](=O)[O-])cc3)C2)c1. The largest absolute Gasteiger partial charge is 0.455 e. The highest BCUT2D eigenvalue weighted by Gasteiger charge is 2.36. The Morgan fingerprint density at radius 1 is 1.20 bits per heavy atom. The van der Waals surface area contributed by atoms with Gasteiger partial charge in [0.1, 0.15) is 0 Å². The van der Waals surface area contributed by atoms with E-state index in [1.165, 1.54) is 29.2 Å². The molecule has 1 aliphatic rings. The molecule has 9 nitrogen and oxygen atoms in total. The number of nitrogens with zero attached hydrogens (tertiary/aromatic N) is 2. The first-order chi connectivity index (χ1) is 14.2. The summed E-state index contributed by atoms with van der Waals surface area (Å²) in [5, 5.41) is 13.5.